The molecule has 0 aromatic heterocycles. The second kappa shape index (κ2) is 6.73. The van der Waals surface area contributed by atoms with Crippen molar-refractivity contribution >= 4 is 11.6 Å². The van der Waals surface area contributed by atoms with Crippen molar-refractivity contribution in [1.29, 1.82) is 0 Å². The lowest BCUT2D eigenvalue weighted by molar-refractivity contribution is -0.127. The Morgan fingerprint density at radius 1 is 1.24 bits per heavy atom. The number of Topliss-reactive ketones (excluding diaryl/α,β-unsaturated/α-hetero) is 2. The molecule has 0 rings (SSSR count). The fourth-order valence-electron chi connectivity index (χ4n) is 1.82. The number of ketones is 2. The van der Waals surface area contributed by atoms with Crippen LogP contribution < -0.4 is 0 Å². The standard InChI is InChI=1S/C15H26O2/c1-7-9-13(16)15(5,6)10-12(4)14(17)11(3)8-2/h11H,4,7-10H2,1-3,5-6H3. The molecule has 2 heteroatoms. The Morgan fingerprint density at radius 2 is 1.76 bits per heavy atom. The molecule has 0 aromatic carbocycles. The van der Waals surface area contributed by atoms with E-state index in [1.165, 1.54) is 0 Å². The highest BCUT2D eigenvalue weighted by molar-refractivity contribution is 5.97. The van der Waals surface area contributed by atoms with Gasteiger partial charge < -0.3 is 0 Å². The van der Waals surface area contributed by atoms with E-state index in [1.807, 2.05) is 34.6 Å². The maximum absolute atomic E-state index is 11.9. The Hall–Kier alpha value is -0.920. The topological polar surface area (TPSA) is 34.1 Å². The van der Waals surface area contributed by atoms with Crippen LogP contribution in [0.25, 0.3) is 0 Å². The molecule has 1 unspecified atom stereocenters. The molecular formula is C15H26O2. The Balaban J connectivity index is 4.56. The summed E-state index contributed by atoms with van der Waals surface area (Å²) in [6.45, 7) is 13.5. The SMILES string of the molecule is C=C(CC(C)(C)C(=O)CCC)C(=O)C(C)CC. The van der Waals surface area contributed by atoms with Crippen LogP contribution in [0.2, 0.25) is 0 Å². The third-order valence-corrected chi connectivity index (χ3v) is 3.30. The van der Waals surface area contributed by atoms with Crippen molar-refractivity contribution in [3.05, 3.63) is 12.2 Å². The summed E-state index contributed by atoms with van der Waals surface area (Å²) in [6, 6.07) is 0. The lowest BCUT2D eigenvalue weighted by Gasteiger charge is -2.24. The predicted molar refractivity (Wildman–Crippen MR) is 71.9 cm³/mol. The zero-order valence-corrected chi connectivity index (χ0v) is 11.9. The molecule has 2 nitrogen and oxygen atoms in total. The summed E-state index contributed by atoms with van der Waals surface area (Å²) in [5, 5.41) is 0. The molecule has 0 aromatic rings. The van der Waals surface area contributed by atoms with Crippen LogP contribution in [-0.2, 0) is 9.59 Å². The van der Waals surface area contributed by atoms with Crippen molar-refractivity contribution in [2.75, 3.05) is 0 Å². The first-order chi connectivity index (χ1) is 7.76. The molecule has 0 amide bonds. The van der Waals surface area contributed by atoms with E-state index in [2.05, 4.69) is 6.58 Å². The van der Waals surface area contributed by atoms with E-state index in [4.69, 9.17) is 0 Å². The fraction of sp³-hybridized carbons (Fsp3) is 0.733. The van der Waals surface area contributed by atoms with Gasteiger partial charge in [-0.3, -0.25) is 9.59 Å². The average molecular weight is 238 g/mol. The van der Waals surface area contributed by atoms with Crippen LogP contribution in [0.3, 0.4) is 0 Å². The Kier molecular flexibility index (Phi) is 6.36. The first-order valence-electron chi connectivity index (χ1n) is 6.51. The van der Waals surface area contributed by atoms with Crippen LogP contribution in [0, 0.1) is 11.3 Å². The van der Waals surface area contributed by atoms with E-state index in [0.29, 0.717) is 18.4 Å². The maximum Gasteiger partial charge on any atom is 0.161 e. The molecule has 17 heavy (non-hydrogen) atoms. The van der Waals surface area contributed by atoms with Gasteiger partial charge in [0, 0.05) is 17.8 Å². The van der Waals surface area contributed by atoms with Crippen molar-refractivity contribution in [3.63, 3.8) is 0 Å². The molecule has 1 atom stereocenters. The molecular weight excluding hydrogens is 212 g/mol. The van der Waals surface area contributed by atoms with Gasteiger partial charge >= 0.3 is 0 Å². The van der Waals surface area contributed by atoms with Crippen molar-refractivity contribution in [2.45, 2.75) is 60.3 Å². The van der Waals surface area contributed by atoms with Crippen LogP contribution in [-0.4, -0.2) is 11.6 Å². The van der Waals surface area contributed by atoms with Gasteiger partial charge in [0.15, 0.2) is 5.78 Å². The van der Waals surface area contributed by atoms with Gasteiger partial charge in [0.05, 0.1) is 0 Å². The van der Waals surface area contributed by atoms with E-state index in [-0.39, 0.29) is 17.5 Å². The van der Waals surface area contributed by atoms with Crippen LogP contribution in [0.4, 0.5) is 0 Å². The Bertz CT molecular complexity index is 300. The van der Waals surface area contributed by atoms with Crippen molar-refractivity contribution in [2.24, 2.45) is 11.3 Å². The van der Waals surface area contributed by atoms with Crippen molar-refractivity contribution < 1.29 is 9.59 Å². The van der Waals surface area contributed by atoms with Gasteiger partial charge in [-0.25, -0.2) is 0 Å². The van der Waals surface area contributed by atoms with Gasteiger partial charge in [-0.2, -0.15) is 0 Å². The highest BCUT2D eigenvalue weighted by Gasteiger charge is 2.29. The number of carbonyl (C=O) groups is 2. The minimum atomic E-state index is -0.462. The number of rotatable bonds is 8. The number of allylic oxidation sites excluding steroid dienone is 1. The second-order valence-electron chi connectivity index (χ2n) is 5.51. The van der Waals surface area contributed by atoms with Gasteiger partial charge in [0.2, 0.25) is 0 Å². The fourth-order valence-corrected chi connectivity index (χ4v) is 1.82. The molecule has 0 spiro atoms. The summed E-state index contributed by atoms with van der Waals surface area (Å²) >= 11 is 0. The van der Waals surface area contributed by atoms with Gasteiger partial charge in [-0.15, -0.1) is 0 Å². The van der Waals surface area contributed by atoms with Crippen LogP contribution in [0.5, 0.6) is 0 Å². The summed E-state index contributed by atoms with van der Waals surface area (Å²) in [5.74, 6) is 0.336. The highest BCUT2D eigenvalue weighted by Crippen LogP contribution is 2.29. The normalized spacial score (nSPS) is 13.2. The molecule has 0 fully saturated rings. The monoisotopic (exact) mass is 238 g/mol. The minimum Gasteiger partial charge on any atom is -0.299 e. The number of hydrogen-bond donors (Lipinski definition) is 0. The molecule has 0 aliphatic carbocycles. The minimum absolute atomic E-state index is 0.0135. The summed E-state index contributed by atoms with van der Waals surface area (Å²) in [5.41, 5.74) is 0.129. The van der Waals surface area contributed by atoms with Crippen LogP contribution >= 0.6 is 0 Å². The molecule has 0 N–H and O–H groups in total. The molecule has 0 saturated carbocycles. The molecule has 0 bridgehead atoms. The zero-order valence-electron chi connectivity index (χ0n) is 11.9. The third-order valence-electron chi connectivity index (χ3n) is 3.30. The van der Waals surface area contributed by atoms with Crippen molar-refractivity contribution in [1.82, 2.24) is 0 Å². The lowest BCUT2D eigenvalue weighted by atomic mass is 9.78. The summed E-state index contributed by atoms with van der Waals surface area (Å²) in [4.78, 5) is 23.8. The first-order valence-corrected chi connectivity index (χ1v) is 6.51. The molecule has 0 aliphatic heterocycles. The molecule has 0 aliphatic rings. The first kappa shape index (κ1) is 16.1. The molecule has 98 valence electrons. The van der Waals surface area contributed by atoms with Crippen LogP contribution in [0.15, 0.2) is 12.2 Å². The van der Waals surface area contributed by atoms with E-state index in [1.54, 1.807) is 0 Å². The number of hydrogen-bond acceptors (Lipinski definition) is 2. The molecule has 0 radical (unpaired) electrons. The van der Waals surface area contributed by atoms with Gasteiger partial charge in [0.25, 0.3) is 0 Å². The molecule has 0 saturated heterocycles. The Labute approximate surface area is 105 Å². The number of carbonyl (C=O) groups excluding carboxylic acids is 2. The zero-order chi connectivity index (χ0) is 13.6. The summed E-state index contributed by atoms with van der Waals surface area (Å²) < 4.78 is 0. The quantitative estimate of drug-likeness (QED) is 0.600. The third kappa shape index (κ3) is 4.84. The van der Waals surface area contributed by atoms with E-state index < -0.39 is 5.41 Å². The predicted octanol–water partition coefficient (Wildman–Crippen LogP) is 3.94. The second-order valence-corrected chi connectivity index (χ2v) is 5.51. The van der Waals surface area contributed by atoms with Crippen molar-refractivity contribution in [3.8, 4) is 0 Å². The van der Waals surface area contributed by atoms with Gasteiger partial charge in [-0.05, 0) is 24.8 Å². The average Bonchev–Trinajstić information content (AvgIpc) is 2.26. The van der Waals surface area contributed by atoms with E-state index in [9.17, 15) is 9.59 Å². The maximum atomic E-state index is 11.9. The van der Waals surface area contributed by atoms with Gasteiger partial charge in [-0.1, -0.05) is 41.2 Å². The van der Waals surface area contributed by atoms with Crippen LogP contribution in [0.1, 0.15) is 60.3 Å². The summed E-state index contributed by atoms with van der Waals surface area (Å²) in [7, 11) is 0. The Morgan fingerprint density at radius 3 is 2.18 bits per heavy atom. The largest absolute Gasteiger partial charge is 0.299 e. The van der Waals surface area contributed by atoms with E-state index >= 15 is 0 Å². The summed E-state index contributed by atoms with van der Waals surface area (Å²) in [6.07, 6.45) is 2.74. The lowest BCUT2D eigenvalue weighted by Crippen LogP contribution is -2.27. The van der Waals surface area contributed by atoms with Gasteiger partial charge in [0.1, 0.15) is 5.78 Å². The molecule has 0 heterocycles. The highest BCUT2D eigenvalue weighted by atomic mass is 16.1. The van der Waals surface area contributed by atoms with E-state index in [0.717, 1.165) is 12.8 Å². The smallest absolute Gasteiger partial charge is 0.161 e.